The average molecular weight is 372 g/mol. The van der Waals surface area contributed by atoms with Crippen LogP contribution < -0.4 is 0 Å². The summed E-state index contributed by atoms with van der Waals surface area (Å²) < 4.78 is 1.86. The van der Waals surface area contributed by atoms with Gasteiger partial charge in [-0.3, -0.25) is 9.59 Å². The van der Waals surface area contributed by atoms with Gasteiger partial charge in [0.25, 0.3) is 11.7 Å². The Morgan fingerprint density at radius 3 is 2.50 bits per heavy atom. The van der Waals surface area contributed by atoms with E-state index in [1.165, 1.54) is 16.7 Å². The first-order valence-electron chi connectivity index (χ1n) is 9.64. The molecule has 2 aromatic carbocycles. The number of benzene rings is 2. The first-order chi connectivity index (χ1) is 13.5. The summed E-state index contributed by atoms with van der Waals surface area (Å²) in [7, 11) is 0. The van der Waals surface area contributed by atoms with Gasteiger partial charge in [-0.1, -0.05) is 42.5 Å². The summed E-state index contributed by atoms with van der Waals surface area (Å²) in [5.41, 5.74) is 6.42. The van der Waals surface area contributed by atoms with Crippen molar-refractivity contribution in [1.29, 1.82) is 0 Å². The Morgan fingerprint density at radius 1 is 0.929 bits per heavy atom. The maximum Gasteiger partial charge on any atom is 0.296 e. The molecule has 4 nitrogen and oxygen atoms in total. The van der Waals surface area contributed by atoms with Crippen LogP contribution >= 0.6 is 0 Å². The largest absolute Gasteiger partial charge is 0.340 e. The molecule has 0 radical (unpaired) electrons. The molecule has 0 saturated carbocycles. The SMILES string of the molecule is Cc1ccc(Cn2cccc2C(=O)C(=O)N2CCc3ccccc3C2)cc1C. The molecule has 0 saturated heterocycles. The zero-order chi connectivity index (χ0) is 19.7. The van der Waals surface area contributed by atoms with Crippen LogP contribution in [0.4, 0.5) is 0 Å². The van der Waals surface area contributed by atoms with Crippen molar-refractivity contribution in [3.05, 3.63) is 94.3 Å². The van der Waals surface area contributed by atoms with E-state index in [2.05, 4.69) is 38.1 Å². The van der Waals surface area contributed by atoms with Crippen LogP contribution in [0.3, 0.4) is 0 Å². The highest BCUT2D eigenvalue weighted by Gasteiger charge is 2.28. The van der Waals surface area contributed by atoms with Gasteiger partial charge in [0.1, 0.15) is 0 Å². The lowest BCUT2D eigenvalue weighted by Gasteiger charge is -2.28. The van der Waals surface area contributed by atoms with Crippen LogP contribution in [0, 0.1) is 13.8 Å². The molecule has 0 bridgehead atoms. The molecule has 1 aromatic heterocycles. The maximum absolute atomic E-state index is 12.9. The summed E-state index contributed by atoms with van der Waals surface area (Å²) in [5.74, 6) is -0.859. The second-order valence-corrected chi connectivity index (χ2v) is 7.51. The number of nitrogens with zero attached hydrogens (tertiary/aromatic N) is 2. The number of carbonyl (C=O) groups is 2. The van der Waals surface area contributed by atoms with E-state index in [1.807, 2.05) is 35.0 Å². The number of aromatic nitrogens is 1. The van der Waals surface area contributed by atoms with Crippen molar-refractivity contribution in [1.82, 2.24) is 9.47 Å². The topological polar surface area (TPSA) is 42.3 Å². The first kappa shape index (κ1) is 18.2. The molecular weight excluding hydrogens is 348 g/mol. The monoisotopic (exact) mass is 372 g/mol. The van der Waals surface area contributed by atoms with E-state index in [0.717, 1.165) is 17.5 Å². The smallest absolute Gasteiger partial charge is 0.296 e. The molecule has 1 amide bonds. The average Bonchev–Trinajstić information content (AvgIpc) is 3.17. The van der Waals surface area contributed by atoms with Crippen molar-refractivity contribution in [2.75, 3.05) is 6.54 Å². The Morgan fingerprint density at radius 2 is 1.71 bits per heavy atom. The van der Waals surface area contributed by atoms with Crippen molar-refractivity contribution < 1.29 is 9.59 Å². The Balaban J connectivity index is 1.52. The van der Waals surface area contributed by atoms with Gasteiger partial charge in [-0.25, -0.2) is 0 Å². The van der Waals surface area contributed by atoms with E-state index < -0.39 is 11.7 Å². The molecule has 1 aliphatic rings. The summed E-state index contributed by atoms with van der Waals surface area (Å²) in [4.78, 5) is 27.5. The standard InChI is InChI=1S/C24H24N2O2/c1-17-9-10-19(14-18(17)2)15-25-12-5-8-22(25)23(27)24(28)26-13-11-20-6-3-4-7-21(20)16-26/h3-10,12,14H,11,13,15-16H2,1-2H3. The lowest BCUT2D eigenvalue weighted by Crippen LogP contribution is -2.40. The van der Waals surface area contributed by atoms with Crippen molar-refractivity contribution in [3.8, 4) is 0 Å². The van der Waals surface area contributed by atoms with Crippen LogP contribution in [0.25, 0.3) is 0 Å². The molecule has 142 valence electrons. The Kier molecular flexibility index (Phi) is 4.86. The van der Waals surface area contributed by atoms with Crippen LogP contribution in [-0.2, 0) is 24.3 Å². The Labute approximate surface area is 165 Å². The normalized spacial score (nSPS) is 13.3. The zero-order valence-electron chi connectivity index (χ0n) is 16.3. The molecule has 3 aromatic rings. The molecule has 28 heavy (non-hydrogen) atoms. The zero-order valence-corrected chi connectivity index (χ0v) is 16.3. The second kappa shape index (κ2) is 7.47. The minimum absolute atomic E-state index is 0.422. The van der Waals surface area contributed by atoms with Crippen LogP contribution in [0.2, 0.25) is 0 Å². The van der Waals surface area contributed by atoms with E-state index in [4.69, 9.17) is 0 Å². The molecule has 0 fully saturated rings. The fraction of sp³-hybridized carbons (Fsp3) is 0.250. The molecule has 1 aliphatic heterocycles. The molecule has 0 aliphatic carbocycles. The molecule has 0 atom stereocenters. The van der Waals surface area contributed by atoms with Gasteiger partial charge < -0.3 is 9.47 Å². The number of ketones is 1. The summed E-state index contributed by atoms with van der Waals surface area (Å²) in [6.07, 6.45) is 2.65. The predicted molar refractivity (Wildman–Crippen MR) is 109 cm³/mol. The number of hydrogen-bond donors (Lipinski definition) is 0. The molecule has 0 spiro atoms. The van der Waals surface area contributed by atoms with Gasteiger partial charge in [0.05, 0.1) is 5.69 Å². The van der Waals surface area contributed by atoms with Crippen molar-refractivity contribution in [2.24, 2.45) is 0 Å². The lowest BCUT2D eigenvalue weighted by molar-refractivity contribution is -0.127. The fourth-order valence-corrected chi connectivity index (χ4v) is 3.78. The van der Waals surface area contributed by atoms with Gasteiger partial charge in [0, 0.05) is 25.8 Å². The highest BCUT2D eigenvalue weighted by Crippen LogP contribution is 2.20. The van der Waals surface area contributed by atoms with Gasteiger partial charge in [0.15, 0.2) is 0 Å². The van der Waals surface area contributed by atoms with E-state index in [1.54, 1.807) is 11.0 Å². The molecule has 4 rings (SSSR count). The quantitative estimate of drug-likeness (QED) is 0.515. The van der Waals surface area contributed by atoms with Gasteiger partial charge >= 0.3 is 0 Å². The van der Waals surface area contributed by atoms with Crippen LogP contribution in [0.1, 0.15) is 38.3 Å². The lowest BCUT2D eigenvalue weighted by atomic mass is 9.99. The van der Waals surface area contributed by atoms with Crippen LogP contribution in [0.5, 0.6) is 0 Å². The van der Waals surface area contributed by atoms with Crippen molar-refractivity contribution in [2.45, 2.75) is 33.4 Å². The highest BCUT2D eigenvalue weighted by molar-refractivity contribution is 6.42. The fourth-order valence-electron chi connectivity index (χ4n) is 3.78. The summed E-state index contributed by atoms with van der Waals surface area (Å²) in [5, 5.41) is 0. The highest BCUT2D eigenvalue weighted by atomic mass is 16.2. The molecule has 0 N–H and O–H groups in total. The minimum atomic E-state index is -0.437. The third-order valence-electron chi connectivity index (χ3n) is 5.60. The summed E-state index contributed by atoms with van der Waals surface area (Å²) >= 11 is 0. The van der Waals surface area contributed by atoms with Crippen molar-refractivity contribution in [3.63, 3.8) is 0 Å². The number of carbonyl (C=O) groups excluding carboxylic acids is 2. The molecular formula is C24H24N2O2. The van der Waals surface area contributed by atoms with Crippen molar-refractivity contribution >= 4 is 11.7 Å². The number of fused-ring (bicyclic) bond motifs is 1. The number of Topliss-reactive ketones (excluding diaryl/α,β-unsaturated/α-hetero) is 1. The summed E-state index contributed by atoms with van der Waals surface area (Å²) in [6.45, 7) is 5.82. The third kappa shape index (κ3) is 3.50. The van der Waals surface area contributed by atoms with E-state index in [9.17, 15) is 9.59 Å². The first-order valence-corrected chi connectivity index (χ1v) is 9.64. The predicted octanol–water partition coefficient (Wildman–Crippen LogP) is 3.92. The summed E-state index contributed by atoms with van der Waals surface area (Å²) in [6, 6.07) is 18.0. The van der Waals surface area contributed by atoms with E-state index >= 15 is 0 Å². The maximum atomic E-state index is 12.9. The minimum Gasteiger partial charge on any atom is -0.340 e. The number of amides is 1. The third-order valence-corrected chi connectivity index (χ3v) is 5.60. The van der Waals surface area contributed by atoms with Gasteiger partial charge in [-0.05, 0) is 60.2 Å². The molecule has 4 heteroatoms. The molecule has 2 heterocycles. The Bertz CT molecular complexity index is 1050. The number of hydrogen-bond acceptors (Lipinski definition) is 2. The van der Waals surface area contributed by atoms with Gasteiger partial charge in [0.2, 0.25) is 0 Å². The van der Waals surface area contributed by atoms with Gasteiger partial charge in [-0.2, -0.15) is 0 Å². The second-order valence-electron chi connectivity index (χ2n) is 7.51. The van der Waals surface area contributed by atoms with Crippen LogP contribution in [-0.4, -0.2) is 27.7 Å². The van der Waals surface area contributed by atoms with E-state index in [0.29, 0.717) is 25.3 Å². The molecule has 0 unspecified atom stereocenters. The van der Waals surface area contributed by atoms with Crippen LogP contribution in [0.15, 0.2) is 60.8 Å². The van der Waals surface area contributed by atoms with E-state index in [-0.39, 0.29) is 0 Å². The van der Waals surface area contributed by atoms with Gasteiger partial charge in [-0.15, -0.1) is 0 Å². The Hall–Kier alpha value is -3.14. The number of rotatable bonds is 4. The number of aryl methyl sites for hydroxylation is 2.